The minimum Gasteiger partial charge on any atom is -0.309 e. The zero-order chi connectivity index (χ0) is 39.6. The van der Waals surface area contributed by atoms with Crippen LogP contribution in [0.2, 0.25) is 0 Å². The number of benzene rings is 10. The van der Waals surface area contributed by atoms with E-state index in [2.05, 4.69) is 240 Å². The second kappa shape index (κ2) is 13.9. The van der Waals surface area contributed by atoms with Gasteiger partial charge in [-0.1, -0.05) is 170 Å². The third-order valence-electron chi connectivity index (χ3n) is 12.3. The molecule has 2 aliphatic heterocycles. The van der Waals surface area contributed by atoms with E-state index in [4.69, 9.17) is 0 Å². The Morgan fingerprint density at radius 3 is 0.917 bits per heavy atom. The maximum atomic E-state index is 2.41. The number of nitrogens with zero attached hydrogens (tertiary/aromatic N) is 2. The average molecular weight is 763 g/mol. The van der Waals surface area contributed by atoms with Crippen LogP contribution in [-0.2, 0) is 0 Å². The quantitative estimate of drug-likeness (QED) is 0.165. The molecule has 0 radical (unpaired) electrons. The number of hydrogen-bond acceptors (Lipinski definition) is 2. The molecule has 0 amide bonds. The molecule has 0 aromatic heterocycles. The summed E-state index contributed by atoms with van der Waals surface area (Å²) in [5.41, 5.74) is 16.6. The fourth-order valence-corrected chi connectivity index (χ4v) is 9.54. The van der Waals surface area contributed by atoms with Gasteiger partial charge in [-0.15, -0.1) is 0 Å². The number of anilines is 6. The SMILES string of the molecule is C1=Cc2ccccc2N(c2ccc(-c3cc4cc(-c5ccc(N6c7ccccc7C=Cc7ccccc76)cc5)c5ccccc5c4c4ccccc34)cc2)c2ccccc21. The molecule has 2 nitrogen and oxygen atoms in total. The Kier molecular flexibility index (Phi) is 7.89. The Balaban J connectivity index is 0.990. The summed E-state index contributed by atoms with van der Waals surface area (Å²) in [5, 5.41) is 7.55. The third kappa shape index (κ3) is 5.50. The molecule has 2 aliphatic rings. The fraction of sp³-hybridized carbons (Fsp3) is 0. The highest BCUT2D eigenvalue weighted by Crippen LogP contribution is 2.46. The smallest absolute Gasteiger partial charge is 0.0534 e. The zero-order valence-electron chi connectivity index (χ0n) is 32.8. The van der Waals surface area contributed by atoms with Gasteiger partial charge < -0.3 is 9.80 Å². The Morgan fingerprint density at radius 1 is 0.267 bits per heavy atom. The van der Waals surface area contributed by atoms with E-state index in [9.17, 15) is 0 Å². The largest absolute Gasteiger partial charge is 0.309 e. The maximum Gasteiger partial charge on any atom is 0.0534 e. The van der Waals surface area contributed by atoms with Crippen LogP contribution in [0.4, 0.5) is 34.1 Å². The van der Waals surface area contributed by atoms with Crippen molar-refractivity contribution in [2.24, 2.45) is 0 Å². The number of rotatable bonds is 4. The first-order valence-electron chi connectivity index (χ1n) is 20.7. The van der Waals surface area contributed by atoms with Crippen LogP contribution in [0, 0.1) is 0 Å². The fourth-order valence-electron chi connectivity index (χ4n) is 9.54. The molecular formula is C58H38N2. The lowest BCUT2D eigenvalue weighted by molar-refractivity contribution is 1.28. The average Bonchev–Trinajstić information content (AvgIpc) is 3.59. The van der Waals surface area contributed by atoms with Gasteiger partial charge in [-0.2, -0.15) is 0 Å². The zero-order valence-corrected chi connectivity index (χ0v) is 32.8. The van der Waals surface area contributed by atoms with E-state index in [-0.39, 0.29) is 0 Å². The van der Waals surface area contributed by atoms with Gasteiger partial charge >= 0.3 is 0 Å². The maximum absolute atomic E-state index is 2.41. The monoisotopic (exact) mass is 762 g/mol. The van der Waals surface area contributed by atoms with Gasteiger partial charge in [0.2, 0.25) is 0 Å². The van der Waals surface area contributed by atoms with Gasteiger partial charge in [0.1, 0.15) is 0 Å². The Hall–Kier alpha value is -7.94. The van der Waals surface area contributed by atoms with Crippen LogP contribution in [0.25, 0.3) is 78.9 Å². The molecule has 0 saturated carbocycles. The molecule has 10 aromatic rings. The molecule has 0 unspecified atom stereocenters. The predicted molar refractivity (Wildman–Crippen MR) is 257 cm³/mol. The van der Waals surface area contributed by atoms with Crippen molar-refractivity contribution in [1.29, 1.82) is 0 Å². The molecule has 0 atom stereocenters. The van der Waals surface area contributed by atoms with Gasteiger partial charge in [0.25, 0.3) is 0 Å². The summed E-state index contributed by atoms with van der Waals surface area (Å²) in [6.45, 7) is 0. The van der Waals surface area contributed by atoms with Crippen LogP contribution < -0.4 is 9.80 Å². The lowest BCUT2D eigenvalue weighted by atomic mass is 9.87. The van der Waals surface area contributed by atoms with E-state index in [1.807, 2.05) is 0 Å². The van der Waals surface area contributed by atoms with E-state index in [0.717, 1.165) is 11.4 Å². The molecule has 0 bridgehead atoms. The summed E-state index contributed by atoms with van der Waals surface area (Å²) in [7, 11) is 0. The molecule has 2 heterocycles. The van der Waals surface area contributed by atoms with Crippen LogP contribution in [0.15, 0.2) is 206 Å². The van der Waals surface area contributed by atoms with Gasteiger partial charge in [-0.3, -0.25) is 0 Å². The molecule has 0 fully saturated rings. The normalized spacial score (nSPS) is 12.8. The summed E-state index contributed by atoms with van der Waals surface area (Å²) in [6, 6.07) is 75.5. The second-order valence-electron chi connectivity index (χ2n) is 15.7. The van der Waals surface area contributed by atoms with E-state index >= 15 is 0 Å². The third-order valence-corrected chi connectivity index (χ3v) is 12.3. The lowest BCUT2D eigenvalue weighted by Gasteiger charge is -2.27. The molecule has 0 saturated heterocycles. The highest BCUT2D eigenvalue weighted by molar-refractivity contribution is 6.25. The Bertz CT molecular complexity index is 3050. The van der Waals surface area contributed by atoms with Gasteiger partial charge in [-0.25, -0.2) is 0 Å². The first kappa shape index (κ1) is 34.1. The van der Waals surface area contributed by atoms with Crippen LogP contribution in [0.1, 0.15) is 22.3 Å². The van der Waals surface area contributed by atoms with Crippen molar-refractivity contribution >= 4 is 90.7 Å². The summed E-state index contributed by atoms with van der Waals surface area (Å²) in [6.07, 6.45) is 8.90. The molecule has 60 heavy (non-hydrogen) atoms. The van der Waals surface area contributed by atoms with Crippen molar-refractivity contribution in [3.8, 4) is 22.3 Å². The van der Waals surface area contributed by atoms with Crippen molar-refractivity contribution in [3.63, 3.8) is 0 Å². The van der Waals surface area contributed by atoms with Crippen LogP contribution in [-0.4, -0.2) is 0 Å². The first-order valence-corrected chi connectivity index (χ1v) is 20.7. The highest BCUT2D eigenvalue weighted by Gasteiger charge is 2.22. The van der Waals surface area contributed by atoms with Crippen LogP contribution >= 0.6 is 0 Å². The topological polar surface area (TPSA) is 6.48 Å². The Labute approximate surface area is 349 Å². The predicted octanol–water partition coefficient (Wildman–Crippen LogP) is 16.4. The van der Waals surface area contributed by atoms with E-state index in [1.54, 1.807) is 0 Å². The number of para-hydroxylation sites is 4. The number of hydrogen-bond donors (Lipinski definition) is 0. The summed E-state index contributed by atoms with van der Waals surface area (Å²) < 4.78 is 0. The highest BCUT2D eigenvalue weighted by atomic mass is 15.2. The summed E-state index contributed by atoms with van der Waals surface area (Å²) >= 11 is 0. The first-order chi connectivity index (χ1) is 29.8. The molecule has 0 aliphatic carbocycles. The van der Waals surface area contributed by atoms with Gasteiger partial charge in [0, 0.05) is 11.4 Å². The molecule has 2 heteroatoms. The molecule has 0 N–H and O–H groups in total. The van der Waals surface area contributed by atoms with E-state index in [0.29, 0.717) is 0 Å². The van der Waals surface area contributed by atoms with Gasteiger partial charge in [0.15, 0.2) is 0 Å². The van der Waals surface area contributed by atoms with Crippen molar-refractivity contribution < 1.29 is 0 Å². The van der Waals surface area contributed by atoms with E-state index < -0.39 is 0 Å². The van der Waals surface area contributed by atoms with Crippen LogP contribution in [0.3, 0.4) is 0 Å². The lowest BCUT2D eigenvalue weighted by Crippen LogP contribution is -2.11. The summed E-state index contributed by atoms with van der Waals surface area (Å²) in [5.74, 6) is 0. The van der Waals surface area contributed by atoms with Gasteiger partial charge in [-0.05, 0) is 137 Å². The van der Waals surface area contributed by atoms with Gasteiger partial charge in [0.05, 0.1) is 22.7 Å². The number of fused-ring (bicyclic) bond motifs is 9. The molecular weight excluding hydrogens is 725 g/mol. The Morgan fingerprint density at radius 2 is 0.567 bits per heavy atom. The minimum absolute atomic E-state index is 1.13. The van der Waals surface area contributed by atoms with Crippen molar-refractivity contribution in [2.45, 2.75) is 0 Å². The molecule has 280 valence electrons. The summed E-state index contributed by atoms with van der Waals surface area (Å²) in [4.78, 5) is 4.77. The van der Waals surface area contributed by atoms with Crippen LogP contribution in [0.5, 0.6) is 0 Å². The minimum atomic E-state index is 1.13. The van der Waals surface area contributed by atoms with Crippen molar-refractivity contribution in [1.82, 2.24) is 0 Å². The van der Waals surface area contributed by atoms with Crippen molar-refractivity contribution in [3.05, 3.63) is 229 Å². The molecule has 0 spiro atoms. The standard InChI is InChI=1S/C58H38N2/c1-9-21-54-41(13-1)25-26-42-14-2-10-22-55(42)59(54)46-33-29-39(30-34-46)52-37-45-38-53(49-18-6-8-20-51(49)58(45)50-19-7-5-17-48(50)52)40-31-35-47(36-32-40)60-56-23-11-3-15-43(56)27-28-44-16-4-12-24-57(44)60/h1-38H. The second-order valence-corrected chi connectivity index (χ2v) is 15.7. The van der Waals surface area contributed by atoms with Crippen molar-refractivity contribution in [2.75, 3.05) is 9.80 Å². The van der Waals surface area contributed by atoms with E-state index in [1.165, 1.54) is 99.6 Å². The molecule has 10 aromatic carbocycles. The molecule has 12 rings (SSSR count).